The first kappa shape index (κ1) is 50.8. The Kier molecular flexibility index (Phi) is 14.1. The van der Waals surface area contributed by atoms with Crippen LogP contribution in [-0.4, -0.2) is 129 Å². The molecule has 0 radical (unpaired) electrons. The van der Waals surface area contributed by atoms with E-state index in [2.05, 4.69) is 42.0 Å². The second kappa shape index (κ2) is 21.4. The number of halogens is 1. The van der Waals surface area contributed by atoms with E-state index in [0.29, 0.717) is 51.8 Å². The van der Waals surface area contributed by atoms with E-state index >= 15 is 0 Å². The number of anilines is 1. The van der Waals surface area contributed by atoms with Gasteiger partial charge in [0, 0.05) is 126 Å². The molecule has 1 saturated heterocycles. The molecule has 0 unspecified atom stereocenters. The molecule has 0 atom stereocenters. The third-order valence-electron chi connectivity index (χ3n) is 17.0. The van der Waals surface area contributed by atoms with Gasteiger partial charge in [-0.3, -0.25) is 19.0 Å². The van der Waals surface area contributed by atoms with Crippen LogP contribution in [0.25, 0.3) is 16.5 Å². The lowest BCUT2D eigenvalue weighted by Gasteiger charge is -2.39. The van der Waals surface area contributed by atoms with Crippen molar-refractivity contribution in [3.63, 3.8) is 0 Å². The number of ether oxygens (including phenoxy) is 2. The van der Waals surface area contributed by atoms with Gasteiger partial charge in [0.1, 0.15) is 30.3 Å². The number of amides is 2. The van der Waals surface area contributed by atoms with Crippen molar-refractivity contribution in [2.24, 2.45) is 0 Å². The maximum absolute atomic E-state index is 14.1. The predicted molar refractivity (Wildman–Crippen MR) is 299 cm³/mol. The average Bonchev–Trinajstić information content (AvgIpc) is 3.86. The number of aromatic nitrogens is 1. The summed E-state index contributed by atoms with van der Waals surface area (Å²) in [5.74, 6) is 0.836. The molecule has 6 aromatic rings. The van der Waals surface area contributed by atoms with E-state index in [1.165, 1.54) is 33.3 Å². The number of piperazine rings is 1. The van der Waals surface area contributed by atoms with Gasteiger partial charge in [-0.05, 0) is 161 Å². The fraction of sp³-hybridized carbons (Fsp3) is 0.403. The molecule has 7 heterocycles. The maximum atomic E-state index is 14.1. The Hall–Kier alpha value is -7.00. The molecule has 0 saturated carbocycles. The first-order chi connectivity index (χ1) is 37.5. The molecule has 1 fully saturated rings. The van der Waals surface area contributed by atoms with E-state index in [4.69, 9.17) is 21.1 Å². The average molecular weight is 1060 g/mol. The minimum Gasteiger partial charge on any atom is -0.497 e. The van der Waals surface area contributed by atoms with E-state index in [-0.39, 0.29) is 29.7 Å². The lowest BCUT2D eigenvalue weighted by molar-refractivity contribution is -0.120. The van der Waals surface area contributed by atoms with Gasteiger partial charge in [-0.25, -0.2) is 9.37 Å². The molecule has 0 aliphatic carbocycles. The van der Waals surface area contributed by atoms with Crippen molar-refractivity contribution >= 4 is 57.5 Å². The largest absolute Gasteiger partial charge is 0.497 e. The van der Waals surface area contributed by atoms with E-state index in [1.54, 1.807) is 48.1 Å². The van der Waals surface area contributed by atoms with Crippen molar-refractivity contribution in [1.29, 1.82) is 0 Å². The van der Waals surface area contributed by atoms with Crippen LogP contribution >= 0.6 is 11.6 Å². The van der Waals surface area contributed by atoms with Crippen LogP contribution in [-0.2, 0) is 36.9 Å². The number of nitrogens with one attached hydrogen (secondary N) is 2. The first-order valence-corrected chi connectivity index (χ1v) is 28.2. The number of hydrogen-bond acceptors (Lipinski definition) is 9. The van der Waals surface area contributed by atoms with Crippen LogP contribution in [0.4, 0.5) is 5.69 Å². The van der Waals surface area contributed by atoms with Crippen molar-refractivity contribution in [2.45, 2.75) is 77.6 Å². The molecule has 398 valence electrons. The lowest BCUT2D eigenvalue weighted by Crippen LogP contribution is -2.47. The summed E-state index contributed by atoms with van der Waals surface area (Å²) < 4.78 is 16.9. The number of nitrogens with zero attached hydrogens (tertiary/aromatic N) is 5. The normalized spacial score (nSPS) is 16.7. The fourth-order valence-electron chi connectivity index (χ4n) is 13.3. The van der Waals surface area contributed by atoms with Crippen LogP contribution in [0.3, 0.4) is 0 Å². The molecule has 6 aliphatic heterocycles. The molecule has 1 aromatic heterocycles. The van der Waals surface area contributed by atoms with Crippen LogP contribution in [0.15, 0.2) is 72.8 Å². The monoisotopic (exact) mass is 1060 g/mol. The number of fused-ring (bicyclic) bond motifs is 5. The molecule has 5 aromatic carbocycles. The highest BCUT2D eigenvalue weighted by Gasteiger charge is 2.37. The molecule has 12 rings (SSSR count). The summed E-state index contributed by atoms with van der Waals surface area (Å²) in [6.45, 7) is 12.4. The van der Waals surface area contributed by atoms with Gasteiger partial charge in [0.05, 0.1) is 30.2 Å². The summed E-state index contributed by atoms with van der Waals surface area (Å²) in [5, 5.41) is 20.7. The number of aromatic carboxylic acids is 1. The van der Waals surface area contributed by atoms with Gasteiger partial charge in [-0.2, -0.15) is 0 Å². The molecule has 15 heteroatoms. The highest BCUT2D eigenvalue weighted by atomic mass is 35.5. The molecular formula is C62H67ClN7O7+. The van der Waals surface area contributed by atoms with Crippen LogP contribution < -0.4 is 40.2 Å². The zero-order valence-electron chi connectivity index (χ0n) is 44.2. The summed E-state index contributed by atoms with van der Waals surface area (Å²) in [7, 11) is 1.60. The van der Waals surface area contributed by atoms with Gasteiger partial charge < -0.3 is 39.9 Å². The quantitative estimate of drug-likeness (QED) is 0.0731. The van der Waals surface area contributed by atoms with Crippen LogP contribution in [0.5, 0.6) is 17.2 Å². The molecule has 77 heavy (non-hydrogen) atoms. The molecule has 3 N–H and O–H groups in total. The van der Waals surface area contributed by atoms with Gasteiger partial charge in [0.25, 0.3) is 11.8 Å². The summed E-state index contributed by atoms with van der Waals surface area (Å²) in [5.41, 5.74) is 12.1. The Morgan fingerprint density at radius 2 is 1.42 bits per heavy atom. The minimum absolute atomic E-state index is 0.101. The highest BCUT2D eigenvalue weighted by Crippen LogP contribution is 2.49. The molecule has 14 nitrogen and oxygen atoms in total. The van der Waals surface area contributed by atoms with E-state index in [0.717, 1.165) is 168 Å². The van der Waals surface area contributed by atoms with Gasteiger partial charge in [0.15, 0.2) is 0 Å². The molecule has 6 aliphatic rings. The molecule has 0 spiro atoms. The topological polar surface area (TPSA) is 149 Å². The number of benzene rings is 5. The molecule has 2 amide bonds. The third-order valence-corrected chi connectivity index (χ3v) is 17.3. The summed E-state index contributed by atoms with van der Waals surface area (Å²) in [4.78, 5) is 61.8. The van der Waals surface area contributed by atoms with Crippen LogP contribution in [0, 0.1) is 6.92 Å². The van der Waals surface area contributed by atoms with Crippen LogP contribution in [0.1, 0.15) is 114 Å². The van der Waals surface area contributed by atoms with Gasteiger partial charge in [-0.1, -0.05) is 11.6 Å². The number of aryl methyl sites for hydroxylation is 2. The number of hydrogen-bond donors (Lipinski definition) is 3. The van der Waals surface area contributed by atoms with E-state index < -0.39 is 5.97 Å². The van der Waals surface area contributed by atoms with Crippen molar-refractivity contribution < 1.29 is 33.8 Å². The Morgan fingerprint density at radius 1 is 0.727 bits per heavy atom. The van der Waals surface area contributed by atoms with Crippen molar-refractivity contribution in [3.05, 3.63) is 150 Å². The number of methoxy groups -OCH3 is 1. The fourth-order valence-corrected chi connectivity index (χ4v) is 13.4. The van der Waals surface area contributed by atoms with Crippen LogP contribution in [0.2, 0.25) is 5.02 Å². The zero-order valence-corrected chi connectivity index (χ0v) is 45.0. The number of rotatable bonds is 15. The van der Waals surface area contributed by atoms with Crippen molar-refractivity contribution in [3.8, 4) is 17.2 Å². The van der Waals surface area contributed by atoms with E-state index in [1.807, 2.05) is 31.2 Å². The third kappa shape index (κ3) is 9.67. The Balaban J connectivity index is 0.675. The Morgan fingerprint density at radius 3 is 2.16 bits per heavy atom. The maximum Gasteiger partial charge on any atom is 0.336 e. The molecule has 0 bridgehead atoms. The van der Waals surface area contributed by atoms with E-state index in [9.17, 15) is 24.3 Å². The van der Waals surface area contributed by atoms with Crippen molar-refractivity contribution in [2.75, 3.05) is 90.5 Å². The smallest absolute Gasteiger partial charge is 0.336 e. The highest BCUT2D eigenvalue weighted by molar-refractivity contribution is 6.30. The van der Waals surface area contributed by atoms with Crippen molar-refractivity contribution in [1.82, 2.24) is 29.6 Å². The minimum atomic E-state index is -1.02. The number of carbonyl (C=O) groups is 4. The Labute approximate surface area is 453 Å². The first-order valence-electron chi connectivity index (χ1n) is 27.8. The summed E-state index contributed by atoms with van der Waals surface area (Å²) in [6.07, 6.45) is 9.73. The predicted octanol–water partition coefficient (Wildman–Crippen LogP) is 6.92. The standard InChI is InChI=1S/C62H66ClN7O7/c1-38-48(49-36-44(76-2)18-20-53(49)70(38)61(73)39-13-16-43(63)17-14-39)37-54(71)64-21-7-23-66-29-31-67(32-30-66)24-8-22-65-60(72)42-15-19-45(62(74)75)50(35-42)55-51-33-40-9-3-25-68-27-5-11-46(56(40)68)58(51)77-59-47-12-6-28-69-26-4-10-41(57(47)69)34-52(55)59/h13-20,33-36H,3-12,21-32,37H2,1-2H3,(H2-,64,65,71,72,74,75)/p+1. The van der Waals surface area contributed by atoms with Gasteiger partial charge >= 0.3 is 5.97 Å². The second-order valence-electron chi connectivity index (χ2n) is 21.7. The number of carbonyl (C=O) groups excluding carboxylic acids is 3. The summed E-state index contributed by atoms with van der Waals surface area (Å²) in [6, 6.07) is 22.0. The number of carboxylic acids is 1. The van der Waals surface area contributed by atoms with Gasteiger partial charge in [-0.15, -0.1) is 0 Å². The second-order valence-corrected chi connectivity index (χ2v) is 22.1. The Bertz CT molecular complexity index is 3520. The number of carboxylic acid groups (broad SMARTS) is 1. The summed E-state index contributed by atoms with van der Waals surface area (Å²) >= 11 is 6.10. The zero-order chi connectivity index (χ0) is 52.9. The lowest BCUT2D eigenvalue weighted by atomic mass is 9.81. The SMILES string of the molecule is COc1ccc2c(c1)c(CC(=O)NCCCN1CCN(CCCNC(=O)c3ccc(C(=O)O)c(C4=c5cc6c7c(c5Oc5c4cc4c8c5CCCN8CCC4)CCC[N+]=7CCC6)c3)CC1)c(C)n2C(=O)c1ccc(Cl)cc1. The molecular weight excluding hydrogens is 990 g/mol. The van der Waals surface area contributed by atoms with Gasteiger partial charge in [0.2, 0.25) is 11.3 Å².